The van der Waals surface area contributed by atoms with E-state index in [-0.39, 0.29) is 0 Å². The predicted molar refractivity (Wildman–Crippen MR) is 91.2 cm³/mol. The minimum Gasteiger partial charge on any atom is -0.309 e. The highest BCUT2D eigenvalue weighted by molar-refractivity contribution is 6.08. The summed E-state index contributed by atoms with van der Waals surface area (Å²) in [5.74, 6) is 0. The van der Waals surface area contributed by atoms with Crippen LogP contribution in [0, 0.1) is 6.92 Å². The Morgan fingerprint density at radius 2 is 1.59 bits per heavy atom. The summed E-state index contributed by atoms with van der Waals surface area (Å²) in [6.07, 6.45) is 9.35. The molecule has 0 aliphatic heterocycles. The summed E-state index contributed by atoms with van der Waals surface area (Å²) < 4.78 is 2.26. The molecule has 106 valence electrons. The number of hydrogen-bond donors (Lipinski definition) is 0. The smallest absolute Gasteiger partial charge is 0.0572 e. The number of hydrogen-bond acceptors (Lipinski definition) is 2. The highest BCUT2D eigenvalue weighted by Crippen LogP contribution is 2.31. The van der Waals surface area contributed by atoms with Gasteiger partial charge in [0.1, 0.15) is 0 Å². The number of rotatable bonds is 2. The van der Waals surface area contributed by atoms with Crippen LogP contribution < -0.4 is 0 Å². The highest BCUT2D eigenvalue weighted by atomic mass is 15.0. The molecule has 3 heteroatoms. The lowest BCUT2D eigenvalue weighted by Gasteiger charge is -2.10. The quantitative estimate of drug-likeness (QED) is 0.542. The van der Waals surface area contributed by atoms with Gasteiger partial charge in [-0.15, -0.1) is 0 Å². The first kappa shape index (κ1) is 12.8. The fourth-order valence-electron chi connectivity index (χ4n) is 3.02. The molecular weight excluding hydrogens is 270 g/mol. The Morgan fingerprint density at radius 1 is 0.955 bits per heavy atom. The monoisotopic (exact) mass is 285 g/mol. The zero-order chi connectivity index (χ0) is 15.1. The third kappa shape index (κ3) is 1.76. The molecule has 0 atom stereocenters. The summed E-state index contributed by atoms with van der Waals surface area (Å²) in [4.78, 5) is 8.52. The van der Waals surface area contributed by atoms with Crippen LogP contribution in [0.25, 0.3) is 33.6 Å². The molecule has 0 N–H and O–H groups in total. The summed E-state index contributed by atoms with van der Waals surface area (Å²) in [6, 6.07) is 10.5. The van der Waals surface area contributed by atoms with Crippen LogP contribution in [0.15, 0.2) is 61.7 Å². The van der Waals surface area contributed by atoms with Gasteiger partial charge in [0.05, 0.1) is 11.0 Å². The van der Waals surface area contributed by atoms with E-state index >= 15 is 0 Å². The molecule has 3 aromatic heterocycles. The van der Waals surface area contributed by atoms with Crippen molar-refractivity contribution in [2.75, 3.05) is 0 Å². The minimum absolute atomic E-state index is 1.12. The van der Waals surface area contributed by atoms with Crippen LogP contribution in [0.2, 0.25) is 0 Å². The molecule has 3 heterocycles. The van der Waals surface area contributed by atoms with Gasteiger partial charge in [0.15, 0.2) is 0 Å². The maximum Gasteiger partial charge on any atom is 0.0572 e. The Balaban J connectivity index is 2.12. The van der Waals surface area contributed by atoms with Crippen molar-refractivity contribution in [3.63, 3.8) is 0 Å². The second kappa shape index (κ2) is 4.81. The molecule has 0 aliphatic rings. The molecule has 4 rings (SSSR count). The van der Waals surface area contributed by atoms with E-state index in [0.717, 1.165) is 33.1 Å². The van der Waals surface area contributed by atoms with Crippen LogP contribution in [0.3, 0.4) is 0 Å². The first-order chi connectivity index (χ1) is 10.8. The van der Waals surface area contributed by atoms with Crippen molar-refractivity contribution in [3.05, 3.63) is 72.8 Å². The van der Waals surface area contributed by atoms with E-state index < -0.39 is 0 Å². The third-order valence-electron chi connectivity index (χ3n) is 4.10. The molecule has 0 bridgehead atoms. The van der Waals surface area contributed by atoms with E-state index in [0.29, 0.717) is 0 Å². The van der Waals surface area contributed by atoms with E-state index in [1.165, 1.54) is 5.56 Å². The van der Waals surface area contributed by atoms with Crippen LogP contribution in [0.1, 0.15) is 11.1 Å². The van der Waals surface area contributed by atoms with Crippen LogP contribution in [-0.4, -0.2) is 14.5 Å². The molecule has 0 amide bonds. The summed E-state index contributed by atoms with van der Waals surface area (Å²) in [7, 11) is 0. The number of aryl methyl sites for hydroxylation is 1. The maximum atomic E-state index is 4.26. The van der Waals surface area contributed by atoms with Crippen molar-refractivity contribution in [1.82, 2.24) is 14.5 Å². The molecule has 0 spiro atoms. The third-order valence-corrected chi connectivity index (χ3v) is 4.10. The summed E-state index contributed by atoms with van der Waals surface area (Å²) >= 11 is 0. The van der Waals surface area contributed by atoms with E-state index in [1.807, 2.05) is 43.0 Å². The molecule has 0 saturated carbocycles. The zero-order valence-corrected chi connectivity index (χ0v) is 12.3. The second-order valence-electron chi connectivity index (χ2n) is 5.37. The van der Waals surface area contributed by atoms with Gasteiger partial charge in [-0.25, -0.2) is 0 Å². The molecule has 3 nitrogen and oxygen atoms in total. The highest BCUT2D eigenvalue weighted by Gasteiger charge is 2.12. The van der Waals surface area contributed by atoms with E-state index in [1.54, 1.807) is 0 Å². The average Bonchev–Trinajstić information content (AvgIpc) is 2.89. The van der Waals surface area contributed by atoms with Crippen LogP contribution >= 0.6 is 0 Å². The molecule has 0 aliphatic carbocycles. The number of pyridine rings is 2. The number of aromatic nitrogens is 3. The van der Waals surface area contributed by atoms with Gasteiger partial charge in [0.25, 0.3) is 0 Å². The first-order valence-corrected chi connectivity index (χ1v) is 7.21. The summed E-state index contributed by atoms with van der Waals surface area (Å²) in [5, 5.41) is 2.24. The van der Waals surface area contributed by atoms with Crippen molar-refractivity contribution in [2.45, 2.75) is 6.92 Å². The second-order valence-corrected chi connectivity index (χ2v) is 5.37. The fourth-order valence-corrected chi connectivity index (χ4v) is 3.02. The Morgan fingerprint density at radius 3 is 2.14 bits per heavy atom. The van der Waals surface area contributed by atoms with Gasteiger partial charge in [-0.3, -0.25) is 9.97 Å². The van der Waals surface area contributed by atoms with Crippen LogP contribution in [0.5, 0.6) is 0 Å². The standard InChI is InChI=1S/C19H15N3/c1-3-14-4-5-15(10-13(14)2)22-18-6-8-20-11-16(18)17-12-21-9-7-19(17)22/h3-12H,1H2,2H3. The van der Waals surface area contributed by atoms with Crippen molar-refractivity contribution in [2.24, 2.45) is 0 Å². The topological polar surface area (TPSA) is 30.7 Å². The Hall–Kier alpha value is -2.94. The van der Waals surface area contributed by atoms with Crippen molar-refractivity contribution < 1.29 is 0 Å². The lowest BCUT2D eigenvalue weighted by Crippen LogP contribution is -1.95. The van der Waals surface area contributed by atoms with E-state index in [4.69, 9.17) is 0 Å². The molecule has 1 aromatic carbocycles. The molecule has 0 unspecified atom stereocenters. The molecule has 0 saturated heterocycles. The average molecular weight is 285 g/mol. The number of nitrogens with zero attached hydrogens (tertiary/aromatic N) is 3. The van der Waals surface area contributed by atoms with Crippen molar-refractivity contribution in [1.29, 1.82) is 0 Å². The van der Waals surface area contributed by atoms with Crippen LogP contribution in [0.4, 0.5) is 0 Å². The SMILES string of the molecule is C=Cc1ccc(-n2c3ccncc3c3cnccc32)cc1C. The van der Waals surface area contributed by atoms with E-state index in [9.17, 15) is 0 Å². The van der Waals surface area contributed by atoms with Gasteiger partial charge in [-0.1, -0.05) is 18.7 Å². The van der Waals surface area contributed by atoms with Gasteiger partial charge in [0.2, 0.25) is 0 Å². The zero-order valence-electron chi connectivity index (χ0n) is 12.3. The minimum atomic E-state index is 1.12. The fraction of sp³-hybridized carbons (Fsp3) is 0.0526. The van der Waals surface area contributed by atoms with Crippen molar-refractivity contribution >= 4 is 27.9 Å². The van der Waals surface area contributed by atoms with Gasteiger partial charge in [-0.2, -0.15) is 0 Å². The van der Waals surface area contributed by atoms with Gasteiger partial charge in [0, 0.05) is 41.2 Å². The summed E-state index contributed by atoms with van der Waals surface area (Å²) in [5.41, 5.74) is 5.80. The largest absolute Gasteiger partial charge is 0.309 e. The molecule has 22 heavy (non-hydrogen) atoms. The molecule has 4 aromatic rings. The summed E-state index contributed by atoms with van der Waals surface area (Å²) in [6.45, 7) is 5.97. The van der Waals surface area contributed by atoms with Gasteiger partial charge < -0.3 is 4.57 Å². The molecule has 0 fully saturated rings. The Bertz CT molecular complexity index is 958. The first-order valence-electron chi connectivity index (χ1n) is 7.21. The predicted octanol–water partition coefficient (Wildman–Crippen LogP) is 4.53. The van der Waals surface area contributed by atoms with Gasteiger partial charge >= 0.3 is 0 Å². The lowest BCUT2D eigenvalue weighted by molar-refractivity contribution is 1.16. The Labute approximate surface area is 128 Å². The lowest BCUT2D eigenvalue weighted by atomic mass is 10.1. The molecule has 0 radical (unpaired) electrons. The molecular formula is C19H15N3. The van der Waals surface area contributed by atoms with Crippen molar-refractivity contribution in [3.8, 4) is 5.69 Å². The maximum absolute atomic E-state index is 4.26. The van der Waals surface area contributed by atoms with E-state index in [2.05, 4.69) is 46.2 Å². The number of fused-ring (bicyclic) bond motifs is 3. The number of benzene rings is 1. The van der Waals surface area contributed by atoms with Crippen LogP contribution in [-0.2, 0) is 0 Å². The van der Waals surface area contributed by atoms with Gasteiger partial charge in [-0.05, 0) is 42.3 Å². The Kier molecular flexibility index (Phi) is 2.79. The normalized spacial score (nSPS) is 11.1.